The number of carbonyl (C=O) groups excluding carboxylic acids is 1. The normalized spacial score (nSPS) is 10.7. The molecular weight excluding hydrogens is 312 g/mol. The van der Waals surface area contributed by atoms with E-state index < -0.39 is 0 Å². The van der Waals surface area contributed by atoms with Crippen LogP contribution < -0.4 is 15.0 Å². The summed E-state index contributed by atoms with van der Waals surface area (Å²) in [5.41, 5.74) is 3.08. The van der Waals surface area contributed by atoms with Crippen LogP contribution in [0.2, 0.25) is 0 Å². The molecule has 0 saturated heterocycles. The van der Waals surface area contributed by atoms with Gasteiger partial charge in [-0.3, -0.25) is 4.79 Å². The van der Waals surface area contributed by atoms with Crippen LogP contribution >= 0.6 is 0 Å². The zero-order valence-electron chi connectivity index (χ0n) is 15.5. The standard InChI is InChI=1S/C21H28N2O2/c1-4-5-14-25-20-12-10-17(11-13-20)21(24)22-15-18-8-6-7-9-19(18)16-23(2)3/h6-13H,4-5,14-16H2,1-3H3,(H,22,24)/p+1. The summed E-state index contributed by atoms with van der Waals surface area (Å²) in [5.74, 6) is 0.747. The Hall–Kier alpha value is -2.33. The van der Waals surface area contributed by atoms with Gasteiger partial charge in [0.15, 0.2) is 0 Å². The van der Waals surface area contributed by atoms with E-state index in [4.69, 9.17) is 4.74 Å². The Kier molecular flexibility index (Phi) is 7.48. The van der Waals surface area contributed by atoms with Crippen molar-refractivity contribution in [2.75, 3.05) is 20.7 Å². The van der Waals surface area contributed by atoms with Crippen LogP contribution in [0.1, 0.15) is 41.3 Å². The molecule has 134 valence electrons. The monoisotopic (exact) mass is 341 g/mol. The van der Waals surface area contributed by atoms with Gasteiger partial charge in [0.25, 0.3) is 5.91 Å². The molecule has 0 aliphatic carbocycles. The van der Waals surface area contributed by atoms with Crippen LogP contribution in [0.3, 0.4) is 0 Å². The molecule has 25 heavy (non-hydrogen) atoms. The quantitative estimate of drug-likeness (QED) is 0.688. The van der Waals surface area contributed by atoms with E-state index in [1.807, 2.05) is 36.4 Å². The number of nitrogens with one attached hydrogen (secondary N) is 2. The second-order valence-electron chi connectivity index (χ2n) is 6.56. The highest BCUT2D eigenvalue weighted by molar-refractivity contribution is 5.94. The van der Waals surface area contributed by atoms with Crippen molar-refractivity contribution in [3.05, 3.63) is 65.2 Å². The second kappa shape index (κ2) is 9.84. The Morgan fingerprint density at radius 1 is 1.04 bits per heavy atom. The van der Waals surface area contributed by atoms with Crippen LogP contribution in [-0.4, -0.2) is 26.6 Å². The van der Waals surface area contributed by atoms with Crippen molar-refractivity contribution in [1.82, 2.24) is 5.32 Å². The van der Waals surface area contributed by atoms with Crippen LogP contribution in [0.4, 0.5) is 0 Å². The van der Waals surface area contributed by atoms with Crippen molar-refractivity contribution < 1.29 is 14.4 Å². The third-order valence-electron chi connectivity index (χ3n) is 3.98. The van der Waals surface area contributed by atoms with Gasteiger partial charge < -0.3 is 15.0 Å². The fourth-order valence-electron chi connectivity index (χ4n) is 2.60. The van der Waals surface area contributed by atoms with Crippen molar-refractivity contribution in [2.24, 2.45) is 0 Å². The molecular formula is C21H29N2O2+. The van der Waals surface area contributed by atoms with Gasteiger partial charge in [0.2, 0.25) is 0 Å². The Morgan fingerprint density at radius 2 is 1.72 bits per heavy atom. The number of quaternary nitrogens is 1. The second-order valence-corrected chi connectivity index (χ2v) is 6.56. The van der Waals surface area contributed by atoms with Gasteiger partial charge >= 0.3 is 0 Å². The summed E-state index contributed by atoms with van der Waals surface area (Å²) < 4.78 is 5.63. The highest BCUT2D eigenvalue weighted by Gasteiger charge is 2.09. The smallest absolute Gasteiger partial charge is 0.251 e. The maximum Gasteiger partial charge on any atom is 0.251 e. The van der Waals surface area contributed by atoms with E-state index in [0.717, 1.165) is 30.7 Å². The Morgan fingerprint density at radius 3 is 2.36 bits per heavy atom. The molecule has 0 aromatic heterocycles. The molecule has 4 heteroatoms. The summed E-state index contributed by atoms with van der Waals surface area (Å²) in [6, 6.07) is 15.6. The zero-order chi connectivity index (χ0) is 18.1. The van der Waals surface area contributed by atoms with Crippen molar-refractivity contribution in [3.8, 4) is 5.75 Å². The number of rotatable bonds is 9. The Bertz CT molecular complexity index is 666. The van der Waals surface area contributed by atoms with Crippen molar-refractivity contribution in [2.45, 2.75) is 32.9 Å². The van der Waals surface area contributed by atoms with Crippen LogP contribution in [0.25, 0.3) is 0 Å². The van der Waals surface area contributed by atoms with E-state index in [0.29, 0.717) is 18.7 Å². The van der Waals surface area contributed by atoms with E-state index in [-0.39, 0.29) is 5.91 Å². The van der Waals surface area contributed by atoms with E-state index in [1.54, 1.807) is 0 Å². The fourth-order valence-corrected chi connectivity index (χ4v) is 2.60. The molecule has 2 aromatic carbocycles. The summed E-state index contributed by atoms with van der Waals surface area (Å²) in [7, 11) is 4.25. The third kappa shape index (κ3) is 6.24. The molecule has 2 rings (SSSR count). The molecule has 4 nitrogen and oxygen atoms in total. The lowest BCUT2D eigenvalue weighted by molar-refractivity contribution is -0.872. The van der Waals surface area contributed by atoms with Gasteiger partial charge in [-0.1, -0.05) is 37.6 Å². The molecule has 0 heterocycles. The lowest BCUT2D eigenvalue weighted by Gasteiger charge is -2.13. The maximum absolute atomic E-state index is 12.4. The minimum Gasteiger partial charge on any atom is -0.494 e. The summed E-state index contributed by atoms with van der Waals surface area (Å²) >= 11 is 0. The van der Waals surface area contributed by atoms with E-state index in [1.165, 1.54) is 10.5 Å². The third-order valence-corrected chi connectivity index (χ3v) is 3.98. The zero-order valence-corrected chi connectivity index (χ0v) is 15.5. The highest BCUT2D eigenvalue weighted by Crippen LogP contribution is 2.13. The fraction of sp³-hybridized carbons (Fsp3) is 0.381. The number of ether oxygens (including phenoxy) is 1. The van der Waals surface area contributed by atoms with E-state index >= 15 is 0 Å². The van der Waals surface area contributed by atoms with Crippen LogP contribution in [-0.2, 0) is 13.1 Å². The molecule has 0 saturated carbocycles. The molecule has 0 aliphatic rings. The lowest BCUT2D eigenvalue weighted by atomic mass is 10.1. The van der Waals surface area contributed by atoms with Crippen molar-refractivity contribution in [3.63, 3.8) is 0 Å². The summed E-state index contributed by atoms with van der Waals surface area (Å²) in [6.45, 7) is 4.33. The SMILES string of the molecule is CCCCOc1ccc(C(=O)NCc2ccccc2C[NH+](C)C)cc1. The van der Waals surface area contributed by atoms with E-state index in [9.17, 15) is 4.79 Å². The van der Waals surface area contributed by atoms with Gasteiger partial charge in [-0.25, -0.2) is 0 Å². The molecule has 2 N–H and O–H groups in total. The lowest BCUT2D eigenvalue weighted by Crippen LogP contribution is -3.04. The molecule has 0 unspecified atom stereocenters. The van der Waals surface area contributed by atoms with Crippen LogP contribution in [0, 0.1) is 0 Å². The molecule has 0 atom stereocenters. The number of hydrogen-bond acceptors (Lipinski definition) is 2. The van der Waals surface area contributed by atoms with Crippen molar-refractivity contribution in [1.29, 1.82) is 0 Å². The number of amides is 1. The molecule has 2 aromatic rings. The largest absolute Gasteiger partial charge is 0.494 e. The van der Waals surface area contributed by atoms with Gasteiger partial charge in [-0.05, 0) is 36.2 Å². The van der Waals surface area contributed by atoms with Gasteiger partial charge in [0.1, 0.15) is 12.3 Å². The highest BCUT2D eigenvalue weighted by atomic mass is 16.5. The van der Waals surface area contributed by atoms with E-state index in [2.05, 4.69) is 38.5 Å². The molecule has 0 fully saturated rings. The minimum absolute atomic E-state index is 0.0629. The molecule has 0 aliphatic heterocycles. The first-order valence-corrected chi connectivity index (χ1v) is 8.97. The summed E-state index contributed by atoms with van der Waals surface area (Å²) in [5, 5.41) is 3.01. The molecule has 0 bridgehead atoms. The maximum atomic E-state index is 12.4. The average molecular weight is 341 g/mol. The van der Waals surface area contributed by atoms with Gasteiger partial charge in [-0.2, -0.15) is 0 Å². The molecule has 0 radical (unpaired) electrons. The Balaban J connectivity index is 1.92. The predicted octanol–water partition coefficient (Wildman–Crippen LogP) is 2.44. The first kappa shape index (κ1) is 19.0. The number of unbranched alkanes of at least 4 members (excludes halogenated alkanes) is 1. The van der Waals surface area contributed by atoms with Gasteiger partial charge in [0, 0.05) is 17.7 Å². The number of carbonyl (C=O) groups is 1. The number of benzene rings is 2. The molecule has 1 amide bonds. The minimum atomic E-state index is -0.0629. The summed E-state index contributed by atoms with van der Waals surface area (Å²) in [4.78, 5) is 13.7. The average Bonchev–Trinajstić information content (AvgIpc) is 2.61. The van der Waals surface area contributed by atoms with Gasteiger partial charge in [-0.15, -0.1) is 0 Å². The topological polar surface area (TPSA) is 42.8 Å². The predicted molar refractivity (Wildman–Crippen MR) is 101 cm³/mol. The van der Waals surface area contributed by atoms with Gasteiger partial charge in [0.05, 0.1) is 20.7 Å². The van der Waals surface area contributed by atoms with Crippen molar-refractivity contribution >= 4 is 5.91 Å². The van der Waals surface area contributed by atoms with Crippen LogP contribution in [0.15, 0.2) is 48.5 Å². The Labute approximate surface area is 150 Å². The summed E-state index contributed by atoms with van der Waals surface area (Å²) in [6.07, 6.45) is 2.15. The first-order chi connectivity index (χ1) is 12.1. The van der Waals surface area contributed by atoms with Crippen LogP contribution in [0.5, 0.6) is 5.75 Å². The number of hydrogen-bond donors (Lipinski definition) is 2. The first-order valence-electron chi connectivity index (χ1n) is 8.97. The molecule has 0 spiro atoms.